The SMILES string of the molecule is CCOC(=O)c1c(NC(=O)C(CC)Sc2cccc(NC(=O)/C(=C\c3ccccc3OCC)NC(=O)c3ccccc3)c2)sc2c1CCN(Cc1ccccc1)C2. The lowest BCUT2D eigenvalue weighted by Gasteiger charge is -2.27. The Morgan fingerprint density at radius 3 is 2.33 bits per heavy atom. The number of hydrogen-bond donors (Lipinski definition) is 3. The molecule has 1 atom stereocenters. The molecular formula is C45H46N4O6S2. The molecule has 1 unspecified atom stereocenters. The van der Waals surface area contributed by atoms with E-state index in [1.165, 1.54) is 28.7 Å². The first kappa shape index (κ1) is 41.0. The van der Waals surface area contributed by atoms with Crippen molar-refractivity contribution < 1.29 is 28.7 Å². The molecule has 2 heterocycles. The molecule has 4 aromatic carbocycles. The Bertz CT molecular complexity index is 2220. The van der Waals surface area contributed by atoms with Crippen LogP contribution in [0.3, 0.4) is 0 Å². The predicted molar refractivity (Wildman–Crippen MR) is 228 cm³/mol. The van der Waals surface area contributed by atoms with E-state index in [-0.39, 0.29) is 18.2 Å². The number of benzene rings is 4. The first-order valence-corrected chi connectivity index (χ1v) is 20.7. The minimum absolute atomic E-state index is 0.0270. The van der Waals surface area contributed by atoms with Gasteiger partial charge in [-0.2, -0.15) is 0 Å². The van der Waals surface area contributed by atoms with Gasteiger partial charge in [0, 0.05) is 46.2 Å². The fraction of sp³-hybridized carbons (Fsp3) is 0.244. The summed E-state index contributed by atoms with van der Waals surface area (Å²) in [5.74, 6) is -1.06. The van der Waals surface area contributed by atoms with Crippen molar-refractivity contribution in [2.75, 3.05) is 30.4 Å². The summed E-state index contributed by atoms with van der Waals surface area (Å²) in [5, 5.41) is 8.79. The van der Waals surface area contributed by atoms with Gasteiger partial charge in [-0.15, -0.1) is 23.1 Å². The maximum Gasteiger partial charge on any atom is 0.341 e. The number of amides is 3. The summed E-state index contributed by atoms with van der Waals surface area (Å²) in [6, 6.07) is 33.4. The number of carbonyl (C=O) groups excluding carboxylic acids is 4. The van der Waals surface area contributed by atoms with Crippen molar-refractivity contribution in [3.8, 4) is 5.75 Å². The van der Waals surface area contributed by atoms with Crippen molar-refractivity contribution in [3.63, 3.8) is 0 Å². The number of rotatable bonds is 16. The van der Waals surface area contributed by atoms with Crippen molar-refractivity contribution in [1.29, 1.82) is 0 Å². The number of hydrogen-bond acceptors (Lipinski definition) is 9. The van der Waals surface area contributed by atoms with Crippen molar-refractivity contribution in [3.05, 3.63) is 148 Å². The number of thioether (sulfide) groups is 1. The quantitative estimate of drug-likeness (QED) is 0.0514. The molecule has 6 rings (SSSR count). The Morgan fingerprint density at radius 2 is 1.60 bits per heavy atom. The van der Waals surface area contributed by atoms with Crippen LogP contribution in [0.1, 0.15) is 69.5 Å². The molecule has 3 N–H and O–H groups in total. The monoisotopic (exact) mass is 802 g/mol. The molecule has 0 saturated carbocycles. The van der Waals surface area contributed by atoms with Gasteiger partial charge in [-0.05, 0) is 80.3 Å². The highest BCUT2D eigenvalue weighted by molar-refractivity contribution is 8.00. The van der Waals surface area contributed by atoms with Crippen LogP contribution in [0.2, 0.25) is 0 Å². The van der Waals surface area contributed by atoms with Gasteiger partial charge >= 0.3 is 5.97 Å². The van der Waals surface area contributed by atoms with Crippen LogP contribution in [0.25, 0.3) is 6.08 Å². The molecule has 1 aliphatic heterocycles. The van der Waals surface area contributed by atoms with Gasteiger partial charge in [-0.3, -0.25) is 19.3 Å². The van der Waals surface area contributed by atoms with E-state index in [1.807, 2.05) is 62.4 Å². The molecule has 294 valence electrons. The van der Waals surface area contributed by atoms with Crippen molar-refractivity contribution in [1.82, 2.24) is 10.2 Å². The van der Waals surface area contributed by atoms with Crippen molar-refractivity contribution >= 4 is 63.6 Å². The molecule has 0 fully saturated rings. The minimum Gasteiger partial charge on any atom is -0.493 e. The number of para-hydroxylation sites is 1. The summed E-state index contributed by atoms with van der Waals surface area (Å²) in [6.07, 6.45) is 2.78. The molecule has 0 spiro atoms. The third-order valence-electron chi connectivity index (χ3n) is 9.18. The molecule has 3 amide bonds. The molecule has 10 nitrogen and oxygen atoms in total. The average Bonchev–Trinajstić information content (AvgIpc) is 3.58. The van der Waals surface area contributed by atoms with Gasteiger partial charge in [0.2, 0.25) is 5.91 Å². The molecule has 5 aromatic rings. The van der Waals surface area contributed by atoms with E-state index >= 15 is 0 Å². The number of nitrogens with zero attached hydrogens (tertiary/aromatic N) is 1. The van der Waals surface area contributed by atoms with E-state index in [4.69, 9.17) is 9.47 Å². The number of fused-ring (bicyclic) bond motifs is 1. The van der Waals surface area contributed by atoms with Gasteiger partial charge in [0.05, 0.1) is 24.0 Å². The van der Waals surface area contributed by atoms with Gasteiger partial charge < -0.3 is 25.4 Å². The number of esters is 1. The van der Waals surface area contributed by atoms with Gasteiger partial charge in [0.15, 0.2) is 0 Å². The summed E-state index contributed by atoms with van der Waals surface area (Å²) in [4.78, 5) is 58.4. The fourth-order valence-electron chi connectivity index (χ4n) is 6.45. The van der Waals surface area contributed by atoms with Crippen LogP contribution in [-0.2, 0) is 33.8 Å². The van der Waals surface area contributed by atoms with Gasteiger partial charge in [-0.25, -0.2) is 4.79 Å². The third-order valence-corrected chi connectivity index (χ3v) is 11.7. The number of nitrogens with one attached hydrogen (secondary N) is 3. The molecule has 1 aliphatic rings. The lowest BCUT2D eigenvalue weighted by molar-refractivity contribution is -0.116. The Balaban J connectivity index is 1.18. The van der Waals surface area contributed by atoms with Gasteiger partial charge in [0.25, 0.3) is 11.8 Å². The first-order valence-electron chi connectivity index (χ1n) is 19.0. The van der Waals surface area contributed by atoms with Crippen LogP contribution in [0, 0.1) is 0 Å². The van der Waals surface area contributed by atoms with E-state index in [0.717, 1.165) is 28.4 Å². The second-order valence-electron chi connectivity index (χ2n) is 13.2. The topological polar surface area (TPSA) is 126 Å². The highest BCUT2D eigenvalue weighted by Crippen LogP contribution is 2.39. The summed E-state index contributed by atoms with van der Waals surface area (Å²) in [7, 11) is 0. The summed E-state index contributed by atoms with van der Waals surface area (Å²) in [5.41, 5.74) is 4.14. The van der Waals surface area contributed by atoms with Crippen molar-refractivity contribution in [2.24, 2.45) is 0 Å². The van der Waals surface area contributed by atoms with Crippen LogP contribution in [-0.4, -0.2) is 53.6 Å². The number of ether oxygens (including phenoxy) is 2. The molecule has 1 aromatic heterocycles. The predicted octanol–water partition coefficient (Wildman–Crippen LogP) is 8.80. The highest BCUT2D eigenvalue weighted by atomic mass is 32.2. The summed E-state index contributed by atoms with van der Waals surface area (Å²) in [6.45, 7) is 8.50. The molecule has 0 bridgehead atoms. The molecule has 0 radical (unpaired) electrons. The zero-order valence-electron chi connectivity index (χ0n) is 32.2. The Morgan fingerprint density at radius 1 is 0.860 bits per heavy atom. The molecule has 57 heavy (non-hydrogen) atoms. The van der Waals surface area contributed by atoms with Crippen LogP contribution in [0.15, 0.2) is 120 Å². The number of carbonyl (C=O) groups is 4. The van der Waals surface area contributed by atoms with Crippen LogP contribution >= 0.6 is 23.1 Å². The summed E-state index contributed by atoms with van der Waals surface area (Å²) < 4.78 is 11.2. The molecule has 0 saturated heterocycles. The van der Waals surface area contributed by atoms with E-state index in [0.29, 0.717) is 59.1 Å². The lowest BCUT2D eigenvalue weighted by atomic mass is 10.0. The zero-order chi connectivity index (χ0) is 40.1. The van der Waals surface area contributed by atoms with Crippen LogP contribution in [0.5, 0.6) is 5.75 Å². The Hall–Kier alpha value is -5.69. The molecule has 0 aliphatic carbocycles. The maximum atomic E-state index is 13.9. The maximum absolute atomic E-state index is 13.9. The third kappa shape index (κ3) is 10.8. The number of thiophene rings is 1. The largest absolute Gasteiger partial charge is 0.493 e. The van der Waals surface area contributed by atoms with Crippen LogP contribution < -0.4 is 20.7 Å². The minimum atomic E-state index is -0.534. The first-order chi connectivity index (χ1) is 27.8. The van der Waals surface area contributed by atoms with E-state index in [9.17, 15) is 19.2 Å². The average molecular weight is 803 g/mol. The van der Waals surface area contributed by atoms with E-state index in [2.05, 4.69) is 33.0 Å². The standard InChI is InChI=1S/C45H46N4O6S2/c1-4-38(43(52)48-44-40(45(53)55-6-3)35-24-25-49(29-39(35)57-44)28-30-16-9-7-10-17-30)56-34-22-15-21-33(27-34)46-42(51)36(47-41(50)31-18-11-8-12-19-31)26-32-20-13-14-23-37(32)54-5-2/h7-23,26-27,38H,4-6,24-25,28-29H2,1-3H3,(H,46,51)(H,47,50)(H,48,52)/b36-26+. The van der Waals surface area contributed by atoms with Crippen LogP contribution in [0.4, 0.5) is 10.7 Å². The second kappa shape index (κ2) is 19.9. The van der Waals surface area contributed by atoms with Gasteiger partial charge in [0.1, 0.15) is 16.4 Å². The fourth-order valence-corrected chi connectivity index (χ4v) is 8.74. The Labute approximate surface area is 341 Å². The second-order valence-corrected chi connectivity index (χ2v) is 15.6. The van der Waals surface area contributed by atoms with Crippen molar-refractivity contribution in [2.45, 2.75) is 56.8 Å². The zero-order valence-corrected chi connectivity index (χ0v) is 33.8. The lowest BCUT2D eigenvalue weighted by Crippen LogP contribution is -2.30. The summed E-state index contributed by atoms with van der Waals surface area (Å²) >= 11 is 2.80. The van der Waals surface area contributed by atoms with Gasteiger partial charge in [-0.1, -0.05) is 79.7 Å². The molecule has 12 heteroatoms. The normalized spacial score (nSPS) is 13.2. The smallest absolute Gasteiger partial charge is 0.341 e. The highest BCUT2D eigenvalue weighted by Gasteiger charge is 2.31. The number of anilines is 2. The molecular weight excluding hydrogens is 757 g/mol. The van der Waals surface area contributed by atoms with E-state index < -0.39 is 23.0 Å². The Kier molecular flexibility index (Phi) is 14.3. The van der Waals surface area contributed by atoms with E-state index in [1.54, 1.807) is 61.5 Å².